The Kier molecular flexibility index (Phi) is 5.77. The molecule has 1 unspecified atom stereocenters. The van der Waals surface area contributed by atoms with Crippen molar-refractivity contribution >= 4 is 5.91 Å². The Bertz CT molecular complexity index is 747. The predicted octanol–water partition coefficient (Wildman–Crippen LogP) is 3.95. The number of likely N-dealkylation sites (tertiary alicyclic amines) is 1. The van der Waals surface area contributed by atoms with Crippen LogP contribution < -0.4 is 0 Å². The number of aromatic nitrogens is 2. The Morgan fingerprint density at radius 1 is 1.31 bits per heavy atom. The molecule has 1 aromatic carbocycles. The average molecular weight is 355 g/mol. The van der Waals surface area contributed by atoms with Crippen molar-refractivity contribution in [3.8, 4) is 5.69 Å². The molecule has 2 heterocycles. The molecule has 0 N–H and O–H groups in total. The summed E-state index contributed by atoms with van der Waals surface area (Å²) in [7, 11) is 0. The molecule has 1 aliphatic heterocycles. The smallest absolute Gasteiger partial charge is 0.257 e. The Hall–Kier alpha value is -2.14. The standard InChI is InChI=1S/C21H29N3O2/c1-5-26-18-7-6-12-23(14-18)21(25)19-13-22-24(20(19)15(2)3)17-10-8-16(4)9-11-17/h8-11,13,15,18H,5-7,12,14H2,1-4H3. The Balaban J connectivity index is 1.90. The van der Waals surface area contributed by atoms with E-state index in [1.165, 1.54) is 5.56 Å². The second kappa shape index (κ2) is 8.04. The highest BCUT2D eigenvalue weighted by atomic mass is 16.5. The molecule has 2 aromatic rings. The van der Waals surface area contributed by atoms with E-state index in [1.807, 2.05) is 16.5 Å². The molecular formula is C21H29N3O2. The number of ether oxygens (including phenoxy) is 1. The number of carbonyl (C=O) groups is 1. The van der Waals surface area contributed by atoms with E-state index in [2.05, 4.69) is 50.1 Å². The van der Waals surface area contributed by atoms with Crippen LogP contribution in [0.3, 0.4) is 0 Å². The lowest BCUT2D eigenvalue weighted by Gasteiger charge is -2.32. The van der Waals surface area contributed by atoms with Gasteiger partial charge in [0.05, 0.1) is 29.2 Å². The van der Waals surface area contributed by atoms with Crippen LogP contribution in [0.1, 0.15) is 61.1 Å². The van der Waals surface area contributed by atoms with Gasteiger partial charge in [-0.25, -0.2) is 4.68 Å². The molecule has 0 aliphatic carbocycles. The topological polar surface area (TPSA) is 47.4 Å². The van der Waals surface area contributed by atoms with E-state index in [1.54, 1.807) is 6.20 Å². The number of hydrogen-bond acceptors (Lipinski definition) is 3. The first-order chi connectivity index (χ1) is 12.5. The molecule has 3 rings (SSSR count). The van der Waals surface area contributed by atoms with Crippen LogP contribution in [-0.2, 0) is 4.74 Å². The van der Waals surface area contributed by atoms with Crippen LogP contribution in [-0.4, -0.2) is 46.4 Å². The predicted molar refractivity (Wildman–Crippen MR) is 103 cm³/mol. The molecule has 26 heavy (non-hydrogen) atoms. The lowest BCUT2D eigenvalue weighted by atomic mass is 10.0. The fourth-order valence-corrected chi connectivity index (χ4v) is 3.63. The largest absolute Gasteiger partial charge is 0.377 e. The van der Waals surface area contributed by atoms with Crippen molar-refractivity contribution in [2.75, 3.05) is 19.7 Å². The second-order valence-corrected chi connectivity index (χ2v) is 7.32. The summed E-state index contributed by atoms with van der Waals surface area (Å²) in [6, 6.07) is 8.24. The zero-order valence-electron chi connectivity index (χ0n) is 16.2. The monoisotopic (exact) mass is 355 g/mol. The van der Waals surface area contributed by atoms with Crippen molar-refractivity contribution in [3.05, 3.63) is 47.3 Å². The summed E-state index contributed by atoms with van der Waals surface area (Å²) in [6.07, 6.45) is 3.88. The van der Waals surface area contributed by atoms with Crippen LogP contribution in [0.4, 0.5) is 0 Å². The number of hydrogen-bond donors (Lipinski definition) is 0. The van der Waals surface area contributed by atoms with Gasteiger partial charge < -0.3 is 9.64 Å². The zero-order chi connectivity index (χ0) is 18.7. The number of amides is 1. The third kappa shape index (κ3) is 3.83. The lowest BCUT2D eigenvalue weighted by molar-refractivity contribution is 0.00719. The fourth-order valence-electron chi connectivity index (χ4n) is 3.63. The maximum absolute atomic E-state index is 13.2. The van der Waals surface area contributed by atoms with Gasteiger partial charge in [-0.2, -0.15) is 5.10 Å². The van der Waals surface area contributed by atoms with Gasteiger partial charge in [-0.05, 0) is 44.7 Å². The summed E-state index contributed by atoms with van der Waals surface area (Å²) in [5, 5.41) is 4.55. The first-order valence-corrected chi connectivity index (χ1v) is 9.57. The van der Waals surface area contributed by atoms with Crippen LogP contribution in [0, 0.1) is 6.92 Å². The number of rotatable bonds is 5. The van der Waals surface area contributed by atoms with Gasteiger partial charge in [-0.3, -0.25) is 4.79 Å². The molecule has 0 saturated carbocycles. The van der Waals surface area contributed by atoms with Crippen LogP contribution >= 0.6 is 0 Å². The van der Waals surface area contributed by atoms with E-state index < -0.39 is 0 Å². The minimum Gasteiger partial charge on any atom is -0.377 e. The first kappa shape index (κ1) is 18.6. The number of carbonyl (C=O) groups excluding carboxylic acids is 1. The van der Waals surface area contributed by atoms with E-state index >= 15 is 0 Å². The van der Waals surface area contributed by atoms with Gasteiger partial charge in [0.25, 0.3) is 5.91 Å². The molecule has 1 atom stereocenters. The third-order valence-corrected chi connectivity index (χ3v) is 4.93. The summed E-state index contributed by atoms with van der Waals surface area (Å²) < 4.78 is 7.65. The second-order valence-electron chi connectivity index (χ2n) is 7.32. The first-order valence-electron chi connectivity index (χ1n) is 9.57. The average Bonchev–Trinajstić information content (AvgIpc) is 3.07. The molecule has 0 spiro atoms. The van der Waals surface area contributed by atoms with Gasteiger partial charge in [-0.15, -0.1) is 0 Å². The van der Waals surface area contributed by atoms with Crippen molar-refractivity contribution in [3.63, 3.8) is 0 Å². The molecule has 140 valence electrons. The van der Waals surface area contributed by atoms with Gasteiger partial charge in [0.1, 0.15) is 0 Å². The summed E-state index contributed by atoms with van der Waals surface area (Å²) >= 11 is 0. The maximum Gasteiger partial charge on any atom is 0.257 e. The molecular weight excluding hydrogens is 326 g/mol. The van der Waals surface area contributed by atoms with Crippen molar-refractivity contribution < 1.29 is 9.53 Å². The molecule has 1 saturated heterocycles. The van der Waals surface area contributed by atoms with Gasteiger partial charge in [0, 0.05) is 19.7 Å². The maximum atomic E-state index is 13.2. The normalized spacial score (nSPS) is 17.7. The van der Waals surface area contributed by atoms with Crippen molar-refractivity contribution in [2.24, 2.45) is 0 Å². The summed E-state index contributed by atoms with van der Waals surface area (Å²) in [6.45, 7) is 10.4. The van der Waals surface area contributed by atoms with Gasteiger partial charge in [0.15, 0.2) is 0 Å². The summed E-state index contributed by atoms with van der Waals surface area (Å²) in [5.74, 6) is 0.265. The summed E-state index contributed by atoms with van der Waals surface area (Å²) in [5.41, 5.74) is 3.87. The minimum atomic E-state index is 0.0662. The van der Waals surface area contributed by atoms with Crippen LogP contribution in [0.5, 0.6) is 0 Å². The third-order valence-electron chi connectivity index (χ3n) is 4.93. The quantitative estimate of drug-likeness (QED) is 0.816. The van der Waals surface area contributed by atoms with E-state index in [9.17, 15) is 4.79 Å². The molecule has 5 nitrogen and oxygen atoms in total. The van der Waals surface area contributed by atoms with Crippen LogP contribution in [0.15, 0.2) is 30.5 Å². The number of aryl methyl sites for hydroxylation is 1. The van der Waals surface area contributed by atoms with E-state index in [0.717, 1.165) is 30.8 Å². The lowest BCUT2D eigenvalue weighted by Crippen LogP contribution is -2.43. The van der Waals surface area contributed by atoms with E-state index in [-0.39, 0.29) is 17.9 Å². The van der Waals surface area contributed by atoms with Crippen molar-refractivity contribution in [2.45, 2.75) is 52.6 Å². The molecule has 1 aliphatic rings. The number of nitrogens with zero attached hydrogens (tertiary/aromatic N) is 3. The molecule has 1 fully saturated rings. The van der Waals surface area contributed by atoms with Crippen LogP contribution in [0.25, 0.3) is 5.69 Å². The Morgan fingerprint density at radius 2 is 2.04 bits per heavy atom. The van der Waals surface area contributed by atoms with Crippen molar-refractivity contribution in [1.29, 1.82) is 0 Å². The van der Waals surface area contributed by atoms with Crippen LogP contribution in [0.2, 0.25) is 0 Å². The molecule has 1 amide bonds. The van der Waals surface area contributed by atoms with E-state index in [4.69, 9.17) is 4.74 Å². The van der Waals surface area contributed by atoms with Gasteiger partial charge in [0.2, 0.25) is 0 Å². The van der Waals surface area contributed by atoms with Gasteiger partial charge >= 0.3 is 0 Å². The zero-order valence-corrected chi connectivity index (χ0v) is 16.2. The van der Waals surface area contributed by atoms with Gasteiger partial charge in [-0.1, -0.05) is 31.5 Å². The Labute approximate surface area is 156 Å². The van der Waals surface area contributed by atoms with Crippen molar-refractivity contribution in [1.82, 2.24) is 14.7 Å². The minimum absolute atomic E-state index is 0.0662. The highest BCUT2D eigenvalue weighted by Crippen LogP contribution is 2.26. The molecule has 0 radical (unpaired) electrons. The fraction of sp³-hybridized carbons (Fsp3) is 0.524. The highest BCUT2D eigenvalue weighted by Gasteiger charge is 2.29. The van der Waals surface area contributed by atoms with E-state index in [0.29, 0.717) is 18.7 Å². The highest BCUT2D eigenvalue weighted by molar-refractivity contribution is 5.95. The molecule has 5 heteroatoms. The summed E-state index contributed by atoms with van der Waals surface area (Å²) in [4.78, 5) is 15.1. The Morgan fingerprint density at radius 3 is 2.69 bits per heavy atom. The number of benzene rings is 1. The molecule has 0 bridgehead atoms. The SMILES string of the molecule is CCOC1CCCN(C(=O)c2cnn(-c3ccc(C)cc3)c2C(C)C)C1. The number of piperidine rings is 1. The molecule has 1 aromatic heterocycles.